The first kappa shape index (κ1) is 17.0. The molecule has 0 spiro atoms. The molecule has 0 saturated heterocycles. The summed E-state index contributed by atoms with van der Waals surface area (Å²) in [5.74, 6) is 0.394. The molecule has 0 saturated carbocycles. The van der Waals surface area contributed by atoms with Crippen LogP contribution in [0, 0.1) is 0 Å². The third kappa shape index (κ3) is 3.80. The minimum atomic E-state index is -0.319. The summed E-state index contributed by atoms with van der Waals surface area (Å²) >= 11 is 5.82. The van der Waals surface area contributed by atoms with Crippen molar-refractivity contribution in [3.63, 3.8) is 0 Å². The predicted octanol–water partition coefficient (Wildman–Crippen LogP) is 2.73. The Hall–Kier alpha value is -2.86. The van der Waals surface area contributed by atoms with E-state index in [-0.39, 0.29) is 17.2 Å². The van der Waals surface area contributed by atoms with E-state index in [9.17, 15) is 9.59 Å². The lowest BCUT2D eigenvalue weighted by Crippen LogP contribution is -2.32. The molecule has 3 aromatic rings. The Kier molecular flexibility index (Phi) is 5.00. The Labute approximate surface area is 149 Å². The number of nitrogens with one attached hydrogen (secondary N) is 1. The largest absolute Gasteiger partial charge is 0.492 e. The number of rotatable bonds is 5. The zero-order valence-corrected chi connectivity index (χ0v) is 14.3. The number of benzene rings is 2. The maximum Gasteiger partial charge on any atom is 0.274 e. The van der Waals surface area contributed by atoms with E-state index in [2.05, 4.69) is 10.2 Å². The van der Waals surface area contributed by atoms with E-state index < -0.39 is 0 Å². The number of hydrogen-bond acceptors (Lipinski definition) is 4. The van der Waals surface area contributed by atoms with Gasteiger partial charge >= 0.3 is 0 Å². The highest BCUT2D eigenvalue weighted by atomic mass is 35.5. The molecule has 7 heteroatoms. The number of fused-ring (bicyclic) bond motifs is 1. The fourth-order valence-corrected chi connectivity index (χ4v) is 2.52. The molecule has 0 fully saturated rings. The quantitative estimate of drug-likeness (QED) is 0.761. The van der Waals surface area contributed by atoms with Crippen molar-refractivity contribution in [2.45, 2.75) is 0 Å². The van der Waals surface area contributed by atoms with Crippen LogP contribution in [0.1, 0.15) is 10.5 Å². The first-order valence-electron chi connectivity index (χ1n) is 7.67. The Morgan fingerprint density at radius 1 is 1.16 bits per heavy atom. The number of aromatic amines is 1. The van der Waals surface area contributed by atoms with Crippen molar-refractivity contribution in [1.82, 2.24) is 15.1 Å². The maximum absolute atomic E-state index is 12.6. The van der Waals surface area contributed by atoms with E-state index in [0.717, 1.165) is 0 Å². The molecule has 0 unspecified atom stereocenters. The highest BCUT2D eigenvalue weighted by Crippen LogP contribution is 2.16. The van der Waals surface area contributed by atoms with Gasteiger partial charge in [-0.2, -0.15) is 5.10 Å². The molecule has 3 rings (SSSR count). The summed E-state index contributed by atoms with van der Waals surface area (Å²) in [4.78, 5) is 25.9. The van der Waals surface area contributed by atoms with Gasteiger partial charge in [0, 0.05) is 17.5 Å². The lowest BCUT2D eigenvalue weighted by molar-refractivity contribution is 0.0769. The van der Waals surface area contributed by atoms with Crippen molar-refractivity contribution in [3.8, 4) is 5.75 Å². The summed E-state index contributed by atoms with van der Waals surface area (Å²) in [6.07, 6.45) is 0. The molecule has 0 radical (unpaired) electrons. The van der Waals surface area contributed by atoms with Gasteiger partial charge in [0.05, 0.1) is 11.9 Å². The van der Waals surface area contributed by atoms with E-state index in [1.165, 1.54) is 4.90 Å². The van der Waals surface area contributed by atoms with Crippen LogP contribution in [0.2, 0.25) is 5.02 Å². The summed E-state index contributed by atoms with van der Waals surface area (Å²) in [5, 5.41) is 7.89. The molecule has 6 nitrogen and oxygen atoms in total. The second-order valence-electron chi connectivity index (χ2n) is 5.48. The fourth-order valence-electron chi connectivity index (χ4n) is 2.39. The number of ether oxygens (including phenoxy) is 1. The van der Waals surface area contributed by atoms with Gasteiger partial charge in [0.2, 0.25) is 0 Å². The maximum atomic E-state index is 12.6. The van der Waals surface area contributed by atoms with Gasteiger partial charge in [-0.15, -0.1) is 0 Å². The zero-order valence-electron chi connectivity index (χ0n) is 13.5. The Morgan fingerprint density at radius 3 is 2.56 bits per heavy atom. The van der Waals surface area contributed by atoms with E-state index in [1.807, 2.05) is 0 Å². The molecule has 0 aliphatic rings. The third-order valence-electron chi connectivity index (χ3n) is 3.75. The molecule has 1 N–H and O–H groups in total. The Morgan fingerprint density at radius 2 is 1.84 bits per heavy atom. The van der Waals surface area contributed by atoms with Crippen LogP contribution in [0.5, 0.6) is 5.75 Å². The molecule has 128 valence electrons. The number of hydrogen-bond donors (Lipinski definition) is 1. The lowest BCUT2D eigenvalue weighted by Gasteiger charge is -2.17. The first-order chi connectivity index (χ1) is 12.1. The molecule has 1 amide bonds. The monoisotopic (exact) mass is 357 g/mol. The van der Waals surface area contributed by atoms with Crippen molar-refractivity contribution in [3.05, 3.63) is 69.6 Å². The summed E-state index contributed by atoms with van der Waals surface area (Å²) in [6, 6.07) is 13.9. The normalized spacial score (nSPS) is 10.6. The number of nitrogens with zero attached hydrogens (tertiary/aromatic N) is 2. The van der Waals surface area contributed by atoms with Crippen molar-refractivity contribution >= 4 is 28.3 Å². The number of H-pyrrole nitrogens is 1. The van der Waals surface area contributed by atoms with Crippen LogP contribution < -0.4 is 10.3 Å². The number of aromatic nitrogens is 2. The molecule has 2 aromatic carbocycles. The van der Waals surface area contributed by atoms with Crippen LogP contribution in [0.25, 0.3) is 10.8 Å². The zero-order chi connectivity index (χ0) is 17.8. The average Bonchev–Trinajstić information content (AvgIpc) is 2.63. The van der Waals surface area contributed by atoms with Crippen molar-refractivity contribution in [1.29, 1.82) is 0 Å². The first-order valence-corrected chi connectivity index (χ1v) is 8.05. The number of likely N-dealkylation sites (N-methyl/N-ethyl adjacent to an activating group) is 1. The molecule has 25 heavy (non-hydrogen) atoms. The van der Waals surface area contributed by atoms with Crippen LogP contribution in [-0.2, 0) is 0 Å². The number of amides is 1. The van der Waals surface area contributed by atoms with Gasteiger partial charge in [-0.05, 0) is 30.3 Å². The summed E-state index contributed by atoms with van der Waals surface area (Å²) in [5.41, 5.74) is -0.106. The van der Waals surface area contributed by atoms with E-state index >= 15 is 0 Å². The molecule has 0 aliphatic heterocycles. The standard InChI is InChI=1S/C18H16ClN3O3/c1-22(10-11-25-13-8-6-12(19)7-9-13)18(24)16-14-4-2-3-5-15(14)17(23)21-20-16/h2-9H,10-11H2,1H3,(H,21,23). The average molecular weight is 358 g/mol. The predicted molar refractivity (Wildman–Crippen MR) is 96.3 cm³/mol. The molecular formula is C18H16ClN3O3. The van der Waals surface area contributed by atoms with Crippen molar-refractivity contribution in [2.24, 2.45) is 0 Å². The van der Waals surface area contributed by atoms with Gasteiger partial charge in [-0.25, -0.2) is 5.10 Å². The van der Waals surface area contributed by atoms with Crippen molar-refractivity contribution < 1.29 is 9.53 Å². The van der Waals surface area contributed by atoms with E-state index in [4.69, 9.17) is 16.3 Å². The molecule has 0 atom stereocenters. The number of halogens is 1. The Balaban J connectivity index is 1.69. The third-order valence-corrected chi connectivity index (χ3v) is 4.01. The fraction of sp³-hybridized carbons (Fsp3) is 0.167. The molecule has 1 aromatic heterocycles. The second-order valence-corrected chi connectivity index (χ2v) is 5.91. The second kappa shape index (κ2) is 7.36. The van der Waals surface area contributed by atoms with Crippen LogP contribution in [0.4, 0.5) is 0 Å². The van der Waals surface area contributed by atoms with Crippen LogP contribution in [0.15, 0.2) is 53.3 Å². The van der Waals surface area contributed by atoms with Gasteiger partial charge in [0.25, 0.3) is 11.5 Å². The van der Waals surface area contributed by atoms with Crippen LogP contribution in [-0.4, -0.2) is 41.2 Å². The smallest absolute Gasteiger partial charge is 0.274 e. The van der Waals surface area contributed by atoms with Crippen molar-refractivity contribution in [2.75, 3.05) is 20.2 Å². The minimum absolute atomic E-state index is 0.212. The highest BCUT2D eigenvalue weighted by molar-refractivity contribution is 6.30. The highest BCUT2D eigenvalue weighted by Gasteiger charge is 2.17. The van der Waals surface area contributed by atoms with Gasteiger partial charge < -0.3 is 9.64 Å². The van der Waals surface area contributed by atoms with Crippen LogP contribution in [0.3, 0.4) is 0 Å². The molecular weight excluding hydrogens is 342 g/mol. The van der Waals surface area contributed by atoms with Gasteiger partial charge in [-0.1, -0.05) is 29.8 Å². The molecule has 1 heterocycles. The lowest BCUT2D eigenvalue weighted by atomic mass is 10.1. The topological polar surface area (TPSA) is 75.3 Å². The number of carbonyl (C=O) groups excluding carboxylic acids is 1. The Bertz CT molecular complexity index is 954. The molecule has 0 aliphatic carbocycles. The van der Waals surface area contributed by atoms with Crippen LogP contribution >= 0.6 is 11.6 Å². The van der Waals surface area contributed by atoms with E-state index in [1.54, 1.807) is 55.6 Å². The molecule has 0 bridgehead atoms. The summed E-state index contributed by atoms with van der Waals surface area (Å²) in [6.45, 7) is 0.696. The van der Waals surface area contributed by atoms with Gasteiger partial charge in [0.1, 0.15) is 12.4 Å². The van der Waals surface area contributed by atoms with Gasteiger partial charge in [-0.3, -0.25) is 9.59 Å². The number of carbonyl (C=O) groups is 1. The summed E-state index contributed by atoms with van der Waals surface area (Å²) < 4.78 is 5.59. The van der Waals surface area contributed by atoms with E-state index in [0.29, 0.717) is 34.7 Å². The summed E-state index contributed by atoms with van der Waals surface area (Å²) in [7, 11) is 1.66. The van der Waals surface area contributed by atoms with Gasteiger partial charge in [0.15, 0.2) is 5.69 Å². The minimum Gasteiger partial charge on any atom is -0.492 e. The SMILES string of the molecule is CN(CCOc1ccc(Cl)cc1)C(=O)c1n[nH]c(=O)c2ccccc12.